The molecule has 0 aliphatic carbocycles. The molecule has 3 aromatic rings. The van der Waals surface area contributed by atoms with Gasteiger partial charge >= 0.3 is 0 Å². The molecule has 0 N–H and O–H groups in total. The van der Waals surface area contributed by atoms with E-state index in [1.807, 2.05) is 0 Å². The van der Waals surface area contributed by atoms with Gasteiger partial charge in [-0.05, 0) is 75.8 Å². The van der Waals surface area contributed by atoms with Crippen LogP contribution >= 0.6 is 0 Å². The summed E-state index contributed by atoms with van der Waals surface area (Å²) in [6, 6.07) is 25.1. The molecule has 2 unspecified atom stereocenters. The molecule has 3 aromatic carbocycles. The van der Waals surface area contributed by atoms with Gasteiger partial charge in [-0.15, -0.1) is 0 Å². The number of anilines is 1. The summed E-state index contributed by atoms with van der Waals surface area (Å²) in [5.41, 5.74) is 10.7. The van der Waals surface area contributed by atoms with Crippen molar-refractivity contribution in [3.8, 4) is 0 Å². The molecule has 0 radical (unpaired) electrons. The normalized spacial score (nSPS) is 18.4. The van der Waals surface area contributed by atoms with Gasteiger partial charge in [0.2, 0.25) is 0 Å². The summed E-state index contributed by atoms with van der Waals surface area (Å²) in [6.07, 6.45) is 3.50. The van der Waals surface area contributed by atoms with Gasteiger partial charge in [0.1, 0.15) is 0 Å². The Morgan fingerprint density at radius 3 is 2.00 bits per heavy atom. The zero-order valence-corrected chi connectivity index (χ0v) is 18.8. The average Bonchev–Trinajstić information content (AvgIpc) is 2.72. The summed E-state index contributed by atoms with van der Waals surface area (Å²) < 4.78 is 0. The van der Waals surface area contributed by atoms with Crippen molar-refractivity contribution in [2.45, 2.75) is 53.0 Å². The lowest BCUT2D eigenvalue weighted by molar-refractivity contribution is 0.340. The summed E-state index contributed by atoms with van der Waals surface area (Å²) in [4.78, 5) is 2.45. The predicted molar refractivity (Wildman–Crippen MR) is 129 cm³/mol. The zero-order chi connectivity index (χ0) is 21.3. The van der Waals surface area contributed by atoms with Crippen LogP contribution in [0.2, 0.25) is 0 Å². The topological polar surface area (TPSA) is 3.24 Å². The highest BCUT2D eigenvalue weighted by Gasteiger charge is 2.43. The van der Waals surface area contributed by atoms with Crippen molar-refractivity contribution in [1.82, 2.24) is 0 Å². The first-order chi connectivity index (χ1) is 14.4. The second-order valence-corrected chi connectivity index (χ2v) is 8.99. The van der Waals surface area contributed by atoms with Crippen molar-refractivity contribution in [3.63, 3.8) is 0 Å². The minimum Gasteiger partial charge on any atom is -0.337 e. The van der Waals surface area contributed by atoms with Crippen molar-refractivity contribution in [3.05, 3.63) is 112 Å². The fraction of sp³-hybridized carbons (Fsp3) is 0.310. The van der Waals surface area contributed by atoms with E-state index in [-0.39, 0.29) is 0 Å². The average molecular weight is 396 g/mol. The molecule has 4 rings (SSSR count). The van der Waals surface area contributed by atoms with Crippen molar-refractivity contribution >= 4 is 5.69 Å². The largest absolute Gasteiger partial charge is 0.337 e. The first-order valence-electron chi connectivity index (χ1n) is 11.1. The summed E-state index contributed by atoms with van der Waals surface area (Å²) in [5, 5.41) is 0. The van der Waals surface area contributed by atoms with Gasteiger partial charge in [-0.2, -0.15) is 0 Å². The quantitative estimate of drug-likeness (QED) is 0.414. The van der Waals surface area contributed by atoms with Gasteiger partial charge in [0.25, 0.3) is 0 Å². The maximum atomic E-state index is 4.51. The van der Waals surface area contributed by atoms with Gasteiger partial charge < -0.3 is 4.90 Å². The SMILES string of the molecule is C=C1C(CCCc2ccc(C)cc2)C(c2ccc(C)cc2C)N1c1ccc(C)cc1. The maximum absolute atomic E-state index is 4.51. The lowest BCUT2D eigenvalue weighted by atomic mass is 9.75. The molecule has 2 atom stereocenters. The lowest BCUT2D eigenvalue weighted by Crippen LogP contribution is -2.47. The molecule has 0 spiro atoms. The van der Waals surface area contributed by atoms with E-state index in [9.17, 15) is 0 Å². The van der Waals surface area contributed by atoms with Crippen LogP contribution in [0.15, 0.2) is 79.0 Å². The molecule has 30 heavy (non-hydrogen) atoms. The molecule has 0 aromatic heterocycles. The third kappa shape index (κ3) is 4.07. The van der Waals surface area contributed by atoms with Crippen molar-refractivity contribution in [1.29, 1.82) is 0 Å². The Balaban J connectivity index is 1.56. The molecule has 1 nitrogen and oxygen atoms in total. The third-order valence-corrected chi connectivity index (χ3v) is 6.55. The van der Waals surface area contributed by atoms with E-state index >= 15 is 0 Å². The molecule has 0 saturated carbocycles. The number of hydrogen-bond donors (Lipinski definition) is 0. The van der Waals surface area contributed by atoms with Crippen molar-refractivity contribution < 1.29 is 0 Å². The molecular weight excluding hydrogens is 362 g/mol. The number of rotatable bonds is 6. The molecule has 1 fully saturated rings. The maximum Gasteiger partial charge on any atom is 0.0673 e. The second kappa shape index (κ2) is 8.52. The van der Waals surface area contributed by atoms with Crippen LogP contribution in [0.1, 0.15) is 52.3 Å². The van der Waals surface area contributed by atoms with Crippen LogP contribution in [0.25, 0.3) is 0 Å². The van der Waals surface area contributed by atoms with Crippen molar-refractivity contribution in [2.24, 2.45) is 5.92 Å². The van der Waals surface area contributed by atoms with E-state index in [4.69, 9.17) is 0 Å². The van der Waals surface area contributed by atoms with Gasteiger partial charge in [0, 0.05) is 17.3 Å². The number of benzene rings is 3. The van der Waals surface area contributed by atoms with E-state index in [2.05, 4.69) is 106 Å². The van der Waals surface area contributed by atoms with E-state index < -0.39 is 0 Å². The smallest absolute Gasteiger partial charge is 0.0673 e. The molecule has 1 aliphatic heterocycles. The number of aryl methyl sites for hydroxylation is 5. The third-order valence-electron chi connectivity index (χ3n) is 6.55. The summed E-state index contributed by atoms with van der Waals surface area (Å²) >= 11 is 0. The monoisotopic (exact) mass is 395 g/mol. The molecule has 1 heteroatoms. The van der Waals surface area contributed by atoms with Crippen LogP contribution in [-0.2, 0) is 6.42 Å². The zero-order valence-electron chi connectivity index (χ0n) is 18.8. The van der Waals surface area contributed by atoms with Crippen LogP contribution in [0, 0.1) is 33.6 Å². The van der Waals surface area contributed by atoms with Crippen LogP contribution in [0.5, 0.6) is 0 Å². The Morgan fingerprint density at radius 1 is 0.767 bits per heavy atom. The van der Waals surface area contributed by atoms with Crippen molar-refractivity contribution in [2.75, 3.05) is 4.90 Å². The fourth-order valence-electron chi connectivity index (χ4n) is 4.79. The highest BCUT2D eigenvalue weighted by atomic mass is 15.2. The summed E-state index contributed by atoms with van der Waals surface area (Å²) in [7, 11) is 0. The molecule has 1 aliphatic rings. The van der Waals surface area contributed by atoms with Gasteiger partial charge in [-0.3, -0.25) is 0 Å². The predicted octanol–water partition coefficient (Wildman–Crippen LogP) is 7.63. The molecule has 0 bridgehead atoms. The fourth-order valence-corrected chi connectivity index (χ4v) is 4.79. The second-order valence-electron chi connectivity index (χ2n) is 8.99. The molecule has 154 valence electrons. The van der Waals surface area contributed by atoms with Gasteiger partial charge in [-0.1, -0.05) is 77.9 Å². The minimum absolute atomic E-state index is 0.374. The van der Waals surface area contributed by atoms with Gasteiger partial charge in [0.05, 0.1) is 6.04 Å². The van der Waals surface area contributed by atoms with Crippen LogP contribution < -0.4 is 4.90 Å². The highest BCUT2D eigenvalue weighted by molar-refractivity contribution is 5.62. The molecular formula is C29H33N. The van der Waals surface area contributed by atoms with Gasteiger partial charge in [0.15, 0.2) is 0 Å². The van der Waals surface area contributed by atoms with E-state index in [0.29, 0.717) is 12.0 Å². The Morgan fingerprint density at radius 2 is 1.37 bits per heavy atom. The summed E-state index contributed by atoms with van der Waals surface area (Å²) in [6.45, 7) is 13.2. The van der Waals surface area contributed by atoms with Crippen LogP contribution in [0.4, 0.5) is 5.69 Å². The molecule has 0 amide bonds. The summed E-state index contributed by atoms with van der Waals surface area (Å²) in [5.74, 6) is 0.498. The highest BCUT2D eigenvalue weighted by Crippen LogP contribution is 2.51. The van der Waals surface area contributed by atoms with E-state index in [0.717, 1.165) is 6.42 Å². The van der Waals surface area contributed by atoms with Crippen LogP contribution in [-0.4, -0.2) is 0 Å². The van der Waals surface area contributed by atoms with Gasteiger partial charge in [-0.25, -0.2) is 0 Å². The number of nitrogens with zero attached hydrogens (tertiary/aromatic N) is 1. The lowest BCUT2D eigenvalue weighted by Gasteiger charge is -2.52. The Bertz CT molecular complexity index is 1030. The molecule has 1 saturated heterocycles. The first-order valence-corrected chi connectivity index (χ1v) is 11.1. The standard InChI is InChI=1S/C29H33N/c1-20-9-14-25(15-10-20)7-6-8-28-24(5)30(26-16-11-21(2)12-17-26)29(28)27-18-13-22(3)19-23(27)4/h9-19,28-29H,5-8H2,1-4H3. The Labute approximate surface area is 182 Å². The first kappa shape index (κ1) is 20.5. The number of hydrogen-bond acceptors (Lipinski definition) is 1. The van der Waals surface area contributed by atoms with E-state index in [1.54, 1.807) is 0 Å². The minimum atomic E-state index is 0.374. The van der Waals surface area contributed by atoms with E-state index in [1.165, 1.54) is 57.6 Å². The van der Waals surface area contributed by atoms with Crippen LogP contribution in [0.3, 0.4) is 0 Å². The Hall–Kier alpha value is -2.80. The molecule has 1 heterocycles. The Kier molecular flexibility index (Phi) is 5.81.